The highest BCUT2D eigenvalue weighted by atomic mass is 19.4. The number of carbonyl (C=O) groups is 1. The predicted octanol–water partition coefficient (Wildman–Crippen LogP) is 4.88. The summed E-state index contributed by atoms with van der Waals surface area (Å²) in [6.45, 7) is 3.96. The fourth-order valence-electron chi connectivity index (χ4n) is 5.66. The van der Waals surface area contributed by atoms with Crippen LogP contribution < -0.4 is 16.2 Å². The van der Waals surface area contributed by atoms with Crippen LogP contribution in [0.4, 0.5) is 22.4 Å². The SMILES string of the molecule is Cc1cc2c(cn1)cc(C1CC(NC(=O)NC3CCC(F)C(C(F)(F)F)C3)CCC1C)c(=O)n2C. The Morgan fingerprint density at radius 2 is 1.74 bits per heavy atom. The molecule has 0 saturated heterocycles. The van der Waals surface area contributed by atoms with E-state index in [2.05, 4.69) is 22.5 Å². The Kier molecular flexibility index (Phi) is 7.11. The van der Waals surface area contributed by atoms with Crippen molar-refractivity contribution in [2.75, 3.05) is 0 Å². The minimum Gasteiger partial charge on any atom is -0.335 e. The minimum absolute atomic E-state index is 0.0740. The number of nitrogens with zero attached hydrogens (tertiary/aromatic N) is 2. The maximum absolute atomic E-state index is 13.8. The van der Waals surface area contributed by atoms with Gasteiger partial charge in [0.25, 0.3) is 5.56 Å². The summed E-state index contributed by atoms with van der Waals surface area (Å²) >= 11 is 0. The largest absolute Gasteiger partial charge is 0.394 e. The maximum atomic E-state index is 13.8. The van der Waals surface area contributed by atoms with Crippen molar-refractivity contribution in [3.05, 3.63) is 39.9 Å². The van der Waals surface area contributed by atoms with Gasteiger partial charge in [-0.2, -0.15) is 13.2 Å². The van der Waals surface area contributed by atoms with Gasteiger partial charge in [-0.15, -0.1) is 0 Å². The maximum Gasteiger partial charge on any atom is 0.394 e. The van der Waals surface area contributed by atoms with Crippen LogP contribution in [0.25, 0.3) is 10.9 Å². The van der Waals surface area contributed by atoms with Gasteiger partial charge in [0.2, 0.25) is 0 Å². The first-order valence-corrected chi connectivity index (χ1v) is 12.2. The van der Waals surface area contributed by atoms with Crippen LogP contribution in [0.15, 0.2) is 23.1 Å². The fraction of sp³-hybridized carbons (Fsp3) is 0.640. The Morgan fingerprint density at radius 3 is 2.43 bits per heavy atom. The molecule has 2 aliphatic rings. The smallest absolute Gasteiger partial charge is 0.335 e. The van der Waals surface area contributed by atoms with Crippen LogP contribution in [-0.2, 0) is 7.05 Å². The van der Waals surface area contributed by atoms with Crippen LogP contribution in [0.5, 0.6) is 0 Å². The Labute approximate surface area is 201 Å². The minimum atomic E-state index is -4.62. The molecule has 6 atom stereocenters. The Balaban J connectivity index is 1.44. The third-order valence-corrected chi connectivity index (χ3v) is 7.72. The summed E-state index contributed by atoms with van der Waals surface area (Å²) in [5.41, 5.74) is 2.23. The van der Waals surface area contributed by atoms with Crippen molar-refractivity contribution in [2.45, 2.75) is 82.7 Å². The van der Waals surface area contributed by atoms with E-state index in [9.17, 15) is 27.2 Å². The lowest BCUT2D eigenvalue weighted by Crippen LogP contribution is -2.51. The van der Waals surface area contributed by atoms with E-state index in [0.29, 0.717) is 18.4 Å². The highest BCUT2D eigenvalue weighted by Gasteiger charge is 2.48. The highest BCUT2D eigenvalue weighted by Crippen LogP contribution is 2.40. The molecular weight excluding hydrogens is 464 g/mol. The van der Waals surface area contributed by atoms with Crippen molar-refractivity contribution in [2.24, 2.45) is 18.9 Å². The molecule has 192 valence electrons. The molecule has 2 saturated carbocycles. The number of amides is 2. The number of carbonyl (C=O) groups excluding carboxylic acids is 1. The van der Waals surface area contributed by atoms with Gasteiger partial charge in [-0.1, -0.05) is 6.92 Å². The van der Waals surface area contributed by atoms with Gasteiger partial charge in [0.1, 0.15) is 6.17 Å². The topological polar surface area (TPSA) is 76.0 Å². The molecule has 35 heavy (non-hydrogen) atoms. The molecule has 2 aliphatic carbocycles. The first-order chi connectivity index (χ1) is 16.4. The zero-order chi connectivity index (χ0) is 25.5. The van der Waals surface area contributed by atoms with Crippen LogP contribution in [0.3, 0.4) is 0 Å². The molecule has 2 N–H and O–H groups in total. The van der Waals surface area contributed by atoms with Gasteiger partial charge in [-0.3, -0.25) is 9.78 Å². The third-order valence-electron chi connectivity index (χ3n) is 7.72. The summed E-state index contributed by atoms with van der Waals surface area (Å²) in [5.74, 6) is -1.90. The summed E-state index contributed by atoms with van der Waals surface area (Å²) in [6, 6.07) is 2.27. The zero-order valence-electron chi connectivity index (χ0n) is 20.2. The molecule has 6 unspecified atom stereocenters. The van der Waals surface area contributed by atoms with Gasteiger partial charge in [0, 0.05) is 42.0 Å². The van der Waals surface area contributed by atoms with Crippen LogP contribution >= 0.6 is 0 Å². The Bertz CT molecular complexity index is 1150. The van der Waals surface area contributed by atoms with Crippen molar-refractivity contribution >= 4 is 16.9 Å². The van der Waals surface area contributed by atoms with Gasteiger partial charge >= 0.3 is 12.2 Å². The zero-order valence-corrected chi connectivity index (χ0v) is 20.2. The summed E-state index contributed by atoms with van der Waals surface area (Å²) in [7, 11) is 1.74. The third kappa shape index (κ3) is 5.46. The van der Waals surface area contributed by atoms with E-state index in [1.807, 2.05) is 19.1 Å². The van der Waals surface area contributed by atoms with E-state index in [0.717, 1.165) is 23.0 Å². The summed E-state index contributed by atoms with van der Waals surface area (Å²) < 4.78 is 54.7. The van der Waals surface area contributed by atoms with E-state index in [4.69, 9.17) is 0 Å². The lowest BCUT2D eigenvalue weighted by atomic mass is 9.74. The Hall–Kier alpha value is -2.65. The first kappa shape index (κ1) is 25.4. The second-order valence-corrected chi connectivity index (χ2v) is 10.2. The van der Waals surface area contributed by atoms with Crippen molar-refractivity contribution in [3.8, 4) is 0 Å². The van der Waals surface area contributed by atoms with Gasteiger partial charge in [0.15, 0.2) is 0 Å². The first-order valence-electron chi connectivity index (χ1n) is 12.2. The van der Waals surface area contributed by atoms with E-state index < -0.39 is 36.8 Å². The molecule has 6 nitrogen and oxygen atoms in total. The monoisotopic (exact) mass is 496 g/mol. The average Bonchev–Trinajstić information content (AvgIpc) is 2.78. The number of aromatic nitrogens is 2. The number of fused-ring (bicyclic) bond motifs is 1. The molecule has 0 spiro atoms. The van der Waals surface area contributed by atoms with Crippen molar-refractivity contribution < 1.29 is 22.4 Å². The molecule has 2 heterocycles. The van der Waals surface area contributed by atoms with Crippen LogP contribution in [0, 0.1) is 18.8 Å². The summed E-state index contributed by atoms with van der Waals surface area (Å²) in [5, 5.41) is 6.37. The molecular formula is C25H32F4N4O2. The molecule has 10 heteroatoms. The van der Waals surface area contributed by atoms with E-state index in [1.165, 1.54) is 0 Å². The number of aryl methyl sites for hydroxylation is 2. The lowest BCUT2D eigenvalue weighted by Gasteiger charge is -2.36. The molecule has 4 rings (SSSR count). The molecule has 2 aromatic rings. The van der Waals surface area contributed by atoms with Gasteiger partial charge in [-0.05, 0) is 69.4 Å². The quantitative estimate of drug-likeness (QED) is 0.595. The number of nitrogens with one attached hydrogen (secondary N) is 2. The molecule has 0 aliphatic heterocycles. The highest BCUT2D eigenvalue weighted by molar-refractivity contribution is 5.79. The van der Waals surface area contributed by atoms with Crippen molar-refractivity contribution in [1.82, 2.24) is 20.2 Å². The molecule has 2 amide bonds. The summed E-state index contributed by atoms with van der Waals surface area (Å²) in [4.78, 5) is 30.1. The molecule has 2 fully saturated rings. The van der Waals surface area contributed by atoms with Crippen LogP contribution in [0.2, 0.25) is 0 Å². The number of pyridine rings is 2. The van der Waals surface area contributed by atoms with Crippen molar-refractivity contribution in [3.63, 3.8) is 0 Å². The standard InChI is InChI=1S/C25H32F4N4O2/c1-13-4-5-16(31-24(35)32-17-6-7-21(26)20(11-17)25(27,28)29)10-18(13)19-9-15-12-30-14(2)8-22(15)33(3)23(19)34/h8-9,12-13,16-18,20-21H,4-7,10-11H2,1-3H3,(H2,31,32,35). The van der Waals surface area contributed by atoms with Gasteiger partial charge < -0.3 is 15.2 Å². The predicted molar refractivity (Wildman–Crippen MR) is 125 cm³/mol. The number of hydrogen-bond acceptors (Lipinski definition) is 3. The van der Waals surface area contributed by atoms with Gasteiger partial charge in [0.05, 0.1) is 11.4 Å². The Morgan fingerprint density at radius 1 is 1.09 bits per heavy atom. The van der Waals surface area contributed by atoms with E-state index >= 15 is 0 Å². The second kappa shape index (κ2) is 9.78. The molecule has 2 aromatic heterocycles. The number of urea groups is 1. The number of halogens is 4. The van der Waals surface area contributed by atoms with Crippen LogP contribution in [-0.4, -0.2) is 40.0 Å². The molecule has 0 bridgehead atoms. The number of hydrogen-bond donors (Lipinski definition) is 2. The van der Waals surface area contributed by atoms with Crippen LogP contribution in [0.1, 0.15) is 62.6 Å². The number of rotatable bonds is 3. The second-order valence-electron chi connectivity index (χ2n) is 10.2. The van der Waals surface area contributed by atoms with E-state index in [-0.39, 0.29) is 36.3 Å². The molecule has 0 aromatic carbocycles. The number of alkyl halides is 4. The molecule has 0 radical (unpaired) electrons. The summed E-state index contributed by atoms with van der Waals surface area (Å²) in [6.07, 6.45) is -3.24. The average molecular weight is 497 g/mol. The normalized spacial score (nSPS) is 29.7. The fourth-order valence-corrected chi connectivity index (χ4v) is 5.66. The van der Waals surface area contributed by atoms with E-state index in [1.54, 1.807) is 17.8 Å². The lowest BCUT2D eigenvalue weighted by molar-refractivity contribution is -0.199. The van der Waals surface area contributed by atoms with Gasteiger partial charge in [-0.25, -0.2) is 9.18 Å². The van der Waals surface area contributed by atoms with Crippen molar-refractivity contribution in [1.29, 1.82) is 0 Å².